The molecule has 0 aliphatic carbocycles. The second-order valence-electron chi connectivity index (χ2n) is 6.67. The molecule has 1 aliphatic heterocycles. The first-order chi connectivity index (χ1) is 13.6. The Hall–Kier alpha value is -2.87. The Kier molecular flexibility index (Phi) is 6.65. The number of likely N-dealkylation sites (tertiary alicyclic amines) is 1. The summed E-state index contributed by atoms with van der Waals surface area (Å²) >= 11 is 0. The zero-order valence-corrected chi connectivity index (χ0v) is 16.0. The average molecular weight is 387 g/mol. The van der Waals surface area contributed by atoms with Crippen molar-refractivity contribution in [3.05, 3.63) is 35.6 Å². The van der Waals surface area contributed by atoms with E-state index in [9.17, 15) is 14.4 Å². The highest BCUT2D eigenvalue weighted by Crippen LogP contribution is 2.26. The number of hydrogen-bond donors (Lipinski definition) is 2. The largest absolute Gasteiger partial charge is 0.450 e. The monoisotopic (exact) mass is 387 g/mol. The number of amides is 3. The lowest BCUT2D eigenvalue weighted by atomic mass is 10.1. The molecule has 0 saturated carbocycles. The van der Waals surface area contributed by atoms with Crippen molar-refractivity contribution >= 4 is 28.7 Å². The highest BCUT2D eigenvalue weighted by atomic mass is 16.5. The molecule has 1 aromatic carbocycles. The average Bonchev–Trinajstić information content (AvgIpc) is 2.95. The van der Waals surface area contributed by atoms with Crippen molar-refractivity contribution in [3.63, 3.8) is 0 Å². The molecule has 2 N–H and O–H groups in total. The molecular weight excluding hydrogens is 362 g/mol. The number of hydrogen-bond acceptors (Lipinski definition) is 5. The van der Waals surface area contributed by atoms with Gasteiger partial charge >= 0.3 is 5.91 Å². The summed E-state index contributed by atoms with van der Waals surface area (Å²) in [4.78, 5) is 38.2. The van der Waals surface area contributed by atoms with Crippen molar-refractivity contribution in [1.29, 1.82) is 0 Å². The van der Waals surface area contributed by atoms with Crippen LogP contribution in [0.25, 0.3) is 11.0 Å². The highest BCUT2D eigenvalue weighted by Gasteiger charge is 2.22. The maximum absolute atomic E-state index is 12.6. The molecule has 0 radical (unpaired) electrons. The number of rotatable bonds is 6. The molecule has 0 spiro atoms. The van der Waals surface area contributed by atoms with Crippen LogP contribution in [0.1, 0.15) is 48.7 Å². The molecule has 150 valence electrons. The number of ether oxygens (including phenoxy) is 1. The summed E-state index contributed by atoms with van der Waals surface area (Å²) in [6.07, 6.45) is 3.17. The number of fused-ring (bicyclic) bond motifs is 1. The molecule has 1 aliphatic rings. The van der Waals surface area contributed by atoms with Crippen LogP contribution in [0.3, 0.4) is 0 Å². The minimum Gasteiger partial charge on any atom is -0.450 e. The number of furan rings is 1. The number of para-hydroxylation sites is 1. The number of nitrogens with one attached hydrogen (secondary N) is 2. The SMILES string of the molecule is CCOCc1c(C(=O)NNC(=O)CN2CCCCCC2=O)oc2ccccc12. The van der Waals surface area contributed by atoms with Gasteiger partial charge in [-0.1, -0.05) is 24.6 Å². The molecule has 0 unspecified atom stereocenters. The topological polar surface area (TPSA) is 101 Å². The number of carbonyl (C=O) groups is 3. The fourth-order valence-corrected chi connectivity index (χ4v) is 3.23. The molecule has 2 aromatic rings. The van der Waals surface area contributed by atoms with Crippen molar-refractivity contribution in [2.24, 2.45) is 0 Å². The standard InChI is InChI=1S/C20H25N3O5/c1-2-27-13-15-14-8-5-6-9-16(14)28-19(15)20(26)22-21-17(24)12-23-11-7-3-4-10-18(23)25/h5-6,8-9H,2-4,7,10-13H2,1H3,(H,21,24)(H,22,26). The van der Waals surface area contributed by atoms with Gasteiger partial charge in [0.25, 0.3) is 5.91 Å². The van der Waals surface area contributed by atoms with E-state index >= 15 is 0 Å². The van der Waals surface area contributed by atoms with E-state index in [2.05, 4.69) is 10.9 Å². The van der Waals surface area contributed by atoms with Crippen molar-refractivity contribution in [3.8, 4) is 0 Å². The lowest BCUT2D eigenvalue weighted by molar-refractivity contribution is -0.135. The maximum atomic E-state index is 12.6. The van der Waals surface area contributed by atoms with E-state index in [-0.39, 0.29) is 24.8 Å². The van der Waals surface area contributed by atoms with Crippen molar-refractivity contribution < 1.29 is 23.5 Å². The van der Waals surface area contributed by atoms with Crippen LogP contribution in [0.5, 0.6) is 0 Å². The van der Waals surface area contributed by atoms with E-state index < -0.39 is 11.8 Å². The zero-order valence-electron chi connectivity index (χ0n) is 16.0. The van der Waals surface area contributed by atoms with Crippen LogP contribution in [0.4, 0.5) is 0 Å². The third-order valence-electron chi connectivity index (χ3n) is 4.68. The van der Waals surface area contributed by atoms with Crippen LogP contribution >= 0.6 is 0 Å². The summed E-state index contributed by atoms with van der Waals surface area (Å²) in [5, 5.41) is 0.794. The predicted octanol–water partition coefficient (Wildman–Crippen LogP) is 2.13. The van der Waals surface area contributed by atoms with E-state index in [1.54, 1.807) is 6.07 Å². The van der Waals surface area contributed by atoms with Gasteiger partial charge in [0, 0.05) is 30.5 Å². The molecule has 2 heterocycles. The molecule has 0 atom stereocenters. The van der Waals surface area contributed by atoms with Gasteiger partial charge in [0.15, 0.2) is 5.76 Å². The van der Waals surface area contributed by atoms with Gasteiger partial charge < -0.3 is 14.1 Å². The molecule has 8 heteroatoms. The summed E-state index contributed by atoms with van der Waals surface area (Å²) in [6.45, 7) is 3.08. The summed E-state index contributed by atoms with van der Waals surface area (Å²) in [6, 6.07) is 7.30. The van der Waals surface area contributed by atoms with Crippen LogP contribution in [0, 0.1) is 0 Å². The lowest BCUT2D eigenvalue weighted by Crippen LogP contribution is -2.47. The van der Waals surface area contributed by atoms with Gasteiger partial charge in [-0.15, -0.1) is 0 Å². The molecule has 8 nitrogen and oxygen atoms in total. The highest BCUT2D eigenvalue weighted by molar-refractivity contribution is 5.99. The van der Waals surface area contributed by atoms with Crippen LogP contribution in [-0.4, -0.2) is 42.3 Å². The zero-order chi connectivity index (χ0) is 19.9. The predicted molar refractivity (Wildman–Crippen MR) is 102 cm³/mol. The Balaban J connectivity index is 1.64. The number of benzene rings is 1. The van der Waals surface area contributed by atoms with Crippen LogP contribution < -0.4 is 10.9 Å². The van der Waals surface area contributed by atoms with Crippen molar-refractivity contribution in [2.75, 3.05) is 19.7 Å². The summed E-state index contributed by atoms with van der Waals surface area (Å²) in [7, 11) is 0. The van der Waals surface area contributed by atoms with Gasteiger partial charge in [-0.05, 0) is 25.8 Å². The summed E-state index contributed by atoms with van der Waals surface area (Å²) < 4.78 is 11.1. The first kappa shape index (κ1) is 19.9. The molecule has 1 aromatic heterocycles. The van der Waals surface area contributed by atoms with Gasteiger partial charge in [0.1, 0.15) is 12.1 Å². The molecule has 1 fully saturated rings. The van der Waals surface area contributed by atoms with Gasteiger partial charge in [-0.25, -0.2) is 0 Å². The van der Waals surface area contributed by atoms with Gasteiger partial charge in [-0.2, -0.15) is 0 Å². The molecular formula is C20H25N3O5. The van der Waals surface area contributed by atoms with Gasteiger partial charge in [0.2, 0.25) is 5.91 Å². The Morgan fingerprint density at radius 2 is 2.00 bits per heavy atom. The Morgan fingerprint density at radius 1 is 1.18 bits per heavy atom. The second-order valence-corrected chi connectivity index (χ2v) is 6.67. The second kappa shape index (κ2) is 9.36. The van der Waals surface area contributed by atoms with E-state index in [0.29, 0.717) is 30.7 Å². The minimum atomic E-state index is -0.568. The Labute approximate surface area is 163 Å². The van der Waals surface area contributed by atoms with Crippen molar-refractivity contribution in [1.82, 2.24) is 15.8 Å². The first-order valence-electron chi connectivity index (χ1n) is 9.55. The Morgan fingerprint density at radius 3 is 2.82 bits per heavy atom. The molecule has 0 bridgehead atoms. The molecule has 3 rings (SSSR count). The fourth-order valence-electron chi connectivity index (χ4n) is 3.23. The lowest BCUT2D eigenvalue weighted by Gasteiger charge is -2.19. The smallest absolute Gasteiger partial charge is 0.305 e. The third kappa shape index (κ3) is 4.69. The van der Waals surface area contributed by atoms with Crippen LogP contribution in [0.2, 0.25) is 0 Å². The summed E-state index contributed by atoms with van der Waals surface area (Å²) in [5.74, 6) is -0.955. The fraction of sp³-hybridized carbons (Fsp3) is 0.450. The normalized spacial score (nSPS) is 14.8. The quantitative estimate of drug-likeness (QED) is 0.740. The molecule has 1 saturated heterocycles. The van der Waals surface area contributed by atoms with E-state index in [1.807, 2.05) is 25.1 Å². The maximum Gasteiger partial charge on any atom is 0.305 e. The Bertz CT molecular complexity index is 861. The van der Waals surface area contributed by atoms with Gasteiger partial charge in [0.05, 0.1) is 6.61 Å². The van der Waals surface area contributed by atoms with E-state index in [4.69, 9.17) is 9.15 Å². The number of hydrazine groups is 1. The number of nitrogens with zero attached hydrogens (tertiary/aromatic N) is 1. The van der Waals surface area contributed by atoms with Crippen LogP contribution in [0.15, 0.2) is 28.7 Å². The molecule has 3 amide bonds. The summed E-state index contributed by atoms with van der Waals surface area (Å²) in [5.41, 5.74) is 5.94. The van der Waals surface area contributed by atoms with E-state index in [0.717, 1.165) is 24.6 Å². The van der Waals surface area contributed by atoms with Gasteiger partial charge in [-0.3, -0.25) is 25.2 Å². The third-order valence-corrected chi connectivity index (χ3v) is 4.68. The van der Waals surface area contributed by atoms with Crippen molar-refractivity contribution in [2.45, 2.75) is 39.2 Å². The van der Waals surface area contributed by atoms with Crippen LogP contribution in [-0.2, 0) is 20.9 Å². The number of carbonyl (C=O) groups excluding carboxylic acids is 3. The van der Waals surface area contributed by atoms with E-state index in [1.165, 1.54) is 4.90 Å². The minimum absolute atomic E-state index is 0.0322. The molecule has 28 heavy (non-hydrogen) atoms. The first-order valence-corrected chi connectivity index (χ1v) is 9.55.